The number of nitrogens with zero attached hydrogens (tertiary/aromatic N) is 1. The van der Waals surface area contributed by atoms with Crippen LogP contribution in [0.1, 0.15) is 69.1 Å². The van der Waals surface area contributed by atoms with Crippen molar-refractivity contribution < 1.29 is 37.0 Å². The molecule has 2 aromatic carbocycles. The fourth-order valence-electron chi connectivity index (χ4n) is 6.75. The number of fused-ring (bicyclic) bond motifs is 1. The van der Waals surface area contributed by atoms with Crippen molar-refractivity contribution in [3.8, 4) is 17.6 Å². The molecular weight excluding hydrogens is 561 g/mol. The van der Waals surface area contributed by atoms with E-state index in [4.69, 9.17) is 9.47 Å². The number of esters is 2. The Morgan fingerprint density at radius 2 is 1.77 bits per heavy atom. The second-order valence-corrected chi connectivity index (χ2v) is 12.0. The van der Waals surface area contributed by atoms with Gasteiger partial charge in [-0.25, -0.2) is 0 Å². The van der Waals surface area contributed by atoms with E-state index in [-0.39, 0.29) is 12.0 Å². The molecular formula is C33H35F3N2O5. The van der Waals surface area contributed by atoms with E-state index >= 15 is 0 Å². The summed E-state index contributed by atoms with van der Waals surface area (Å²) < 4.78 is 50.3. The first-order valence-corrected chi connectivity index (χ1v) is 14.6. The molecule has 1 N–H and O–H groups in total. The first kappa shape index (κ1) is 30.6. The van der Waals surface area contributed by atoms with Crippen molar-refractivity contribution in [2.24, 2.45) is 5.92 Å². The van der Waals surface area contributed by atoms with E-state index in [2.05, 4.69) is 22.1 Å². The number of carbonyl (C=O) groups is 3. The molecule has 1 aliphatic heterocycles. The Labute approximate surface area is 249 Å². The summed E-state index contributed by atoms with van der Waals surface area (Å²) in [5.74, 6) is 4.84. The van der Waals surface area contributed by atoms with Crippen molar-refractivity contribution in [3.05, 3.63) is 65.2 Å². The minimum atomic E-state index is -4.45. The smallest absolute Gasteiger partial charge is 0.416 e. The van der Waals surface area contributed by atoms with E-state index in [9.17, 15) is 27.6 Å². The van der Waals surface area contributed by atoms with Gasteiger partial charge in [0.2, 0.25) is 0 Å². The summed E-state index contributed by atoms with van der Waals surface area (Å²) in [6, 6.07) is 11.3. The summed E-state index contributed by atoms with van der Waals surface area (Å²) >= 11 is 0. The minimum Gasteiger partial charge on any atom is -0.457 e. The van der Waals surface area contributed by atoms with Crippen molar-refractivity contribution in [2.45, 2.75) is 75.6 Å². The van der Waals surface area contributed by atoms with E-state index in [0.29, 0.717) is 49.5 Å². The second-order valence-electron chi connectivity index (χ2n) is 12.0. The minimum absolute atomic E-state index is 0.294. The number of alkyl halides is 3. The monoisotopic (exact) mass is 596 g/mol. The van der Waals surface area contributed by atoms with Crippen LogP contribution < -0.4 is 10.1 Å². The van der Waals surface area contributed by atoms with E-state index in [0.717, 1.165) is 30.8 Å². The van der Waals surface area contributed by atoms with Crippen molar-refractivity contribution in [3.63, 3.8) is 0 Å². The van der Waals surface area contributed by atoms with Gasteiger partial charge in [0.1, 0.15) is 11.4 Å². The number of benzene rings is 2. The molecule has 1 amide bonds. The molecule has 228 valence electrons. The molecule has 10 heteroatoms. The van der Waals surface area contributed by atoms with E-state index in [1.54, 1.807) is 6.07 Å². The first-order valence-electron chi connectivity index (χ1n) is 14.6. The molecule has 43 heavy (non-hydrogen) atoms. The lowest BCUT2D eigenvalue weighted by atomic mass is 9.55. The number of amides is 1. The van der Waals surface area contributed by atoms with Crippen LogP contribution >= 0.6 is 0 Å². The van der Waals surface area contributed by atoms with Crippen LogP contribution in [0.4, 0.5) is 13.2 Å². The fraction of sp³-hybridized carbons (Fsp3) is 0.485. The molecule has 1 heterocycles. The molecule has 2 aromatic rings. The molecule has 3 atom stereocenters. The number of likely N-dealkylation sites (tertiary alicyclic amines) is 1. The van der Waals surface area contributed by atoms with E-state index < -0.39 is 34.6 Å². The van der Waals surface area contributed by atoms with Gasteiger partial charge >= 0.3 is 18.1 Å². The van der Waals surface area contributed by atoms with E-state index in [1.165, 1.54) is 38.8 Å². The number of piperidine rings is 1. The molecule has 2 saturated carbocycles. The van der Waals surface area contributed by atoms with Gasteiger partial charge in [0, 0.05) is 49.9 Å². The van der Waals surface area contributed by atoms with Crippen molar-refractivity contribution in [2.75, 3.05) is 19.6 Å². The van der Waals surface area contributed by atoms with Gasteiger partial charge in [-0.05, 0) is 92.9 Å². The largest absolute Gasteiger partial charge is 0.457 e. The fourth-order valence-corrected chi connectivity index (χ4v) is 6.75. The Bertz CT molecular complexity index is 1440. The van der Waals surface area contributed by atoms with Gasteiger partial charge in [-0.15, -0.1) is 0 Å². The standard InChI is InChI=1S/C33H35F3N2O5/c1-22(39)42-29-5-3-4-27(18-29)31-16-17-38(20-25-6-7-25)21-32(31,43-23(2)40)15-14-28(19-31)37-30(41)13-10-24-8-11-26(12-9-24)33(34,35)36/h3-5,8-9,11-12,18,25,28H,6-7,14-17,19-21H2,1-2H3,(H,37,41)/t28-,31-,32-/m0/s1. The van der Waals surface area contributed by atoms with E-state index in [1.807, 2.05) is 18.2 Å². The SMILES string of the molecule is CC(=O)Oc1cccc([C@@]23CCN(CC4CC4)C[C@@]2(OC(C)=O)CC[C@H](NC(=O)C#Cc2ccc(C(F)(F)F)cc2)C3)c1. The highest BCUT2D eigenvalue weighted by Gasteiger charge is 2.61. The number of hydrogen-bond acceptors (Lipinski definition) is 6. The van der Waals surface area contributed by atoms with Crippen molar-refractivity contribution in [1.82, 2.24) is 10.2 Å². The topological polar surface area (TPSA) is 84.9 Å². The number of rotatable bonds is 6. The van der Waals surface area contributed by atoms with Crippen LogP contribution in [0.3, 0.4) is 0 Å². The maximum absolute atomic E-state index is 12.9. The summed E-state index contributed by atoms with van der Waals surface area (Å²) in [6.07, 6.45) is 0.136. The lowest BCUT2D eigenvalue weighted by Gasteiger charge is -2.59. The zero-order valence-corrected chi connectivity index (χ0v) is 24.3. The predicted octanol–water partition coefficient (Wildman–Crippen LogP) is 5.01. The molecule has 0 aromatic heterocycles. The Hall–Kier alpha value is -3.84. The van der Waals surface area contributed by atoms with Crippen LogP contribution in [-0.4, -0.2) is 54.0 Å². The van der Waals surface area contributed by atoms with Crippen LogP contribution in [0, 0.1) is 17.8 Å². The quantitative estimate of drug-likeness (QED) is 0.287. The molecule has 5 rings (SSSR count). The van der Waals surface area contributed by atoms with Gasteiger partial charge in [-0.2, -0.15) is 13.2 Å². The molecule has 3 aliphatic rings. The number of halogens is 3. The summed E-state index contributed by atoms with van der Waals surface area (Å²) in [5, 5.41) is 2.99. The number of hydrogen-bond donors (Lipinski definition) is 1. The lowest BCUT2D eigenvalue weighted by Crippen LogP contribution is -2.68. The molecule has 0 bridgehead atoms. The summed E-state index contributed by atoms with van der Waals surface area (Å²) in [7, 11) is 0. The van der Waals surface area contributed by atoms with Crippen molar-refractivity contribution in [1.29, 1.82) is 0 Å². The average molecular weight is 597 g/mol. The number of nitrogens with one attached hydrogen (secondary N) is 1. The van der Waals surface area contributed by atoms with Gasteiger partial charge in [0.25, 0.3) is 5.91 Å². The zero-order valence-electron chi connectivity index (χ0n) is 24.3. The Balaban J connectivity index is 1.42. The molecule has 0 radical (unpaired) electrons. The molecule has 3 fully saturated rings. The predicted molar refractivity (Wildman–Crippen MR) is 152 cm³/mol. The zero-order chi connectivity index (χ0) is 30.8. The van der Waals surface area contributed by atoms with Crippen LogP contribution in [-0.2, 0) is 30.7 Å². The van der Waals surface area contributed by atoms with Gasteiger partial charge in [0.05, 0.1) is 5.56 Å². The molecule has 1 saturated heterocycles. The molecule has 0 unspecified atom stereocenters. The van der Waals surface area contributed by atoms with Crippen LogP contribution in [0.15, 0.2) is 48.5 Å². The number of ether oxygens (including phenoxy) is 2. The average Bonchev–Trinajstić information content (AvgIpc) is 3.75. The van der Waals surface area contributed by atoms with Crippen LogP contribution in [0.2, 0.25) is 0 Å². The first-order chi connectivity index (χ1) is 20.4. The van der Waals surface area contributed by atoms with Gasteiger partial charge in [0.15, 0.2) is 0 Å². The third kappa shape index (κ3) is 7.04. The highest BCUT2D eigenvalue weighted by atomic mass is 19.4. The van der Waals surface area contributed by atoms with Crippen LogP contribution in [0.5, 0.6) is 5.75 Å². The van der Waals surface area contributed by atoms with Gasteiger partial charge < -0.3 is 14.8 Å². The molecule has 0 spiro atoms. The van der Waals surface area contributed by atoms with Gasteiger partial charge in [-0.3, -0.25) is 19.3 Å². The Morgan fingerprint density at radius 3 is 2.42 bits per heavy atom. The molecule has 2 aliphatic carbocycles. The normalized spacial score (nSPS) is 25.5. The maximum atomic E-state index is 12.9. The second kappa shape index (κ2) is 12.0. The molecule has 7 nitrogen and oxygen atoms in total. The highest BCUT2D eigenvalue weighted by molar-refractivity contribution is 5.94. The highest BCUT2D eigenvalue weighted by Crippen LogP contribution is 2.54. The van der Waals surface area contributed by atoms with Gasteiger partial charge in [-0.1, -0.05) is 18.1 Å². The lowest BCUT2D eigenvalue weighted by molar-refractivity contribution is -0.187. The summed E-state index contributed by atoms with van der Waals surface area (Å²) in [6.45, 7) is 5.05. The Kier molecular flexibility index (Phi) is 8.57. The Morgan fingerprint density at radius 1 is 1.02 bits per heavy atom. The third-order valence-corrected chi connectivity index (χ3v) is 8.77. The summed E-state index contributed by atoms with van der Waals surface area (Å²) in [5.41, 5.74) is -1.15. The van der Waals surface area contributed by atoms with Crippen molar-refractivity contribution >= 4 is 17.8 Å². The summed E-state index contributed by atoms with van der Waals surface area (Å²) in [4.78, 5) is 39.6. The van der Waals surface area contributed by atoms with Crippen LogP contribution in [0.25, 0.3) is 0 Å². The maximum Gasteiger partial charge on any atom is 0.416 e. The number of carbonyl (C=O) groups excluding carboxylic acids is 3. The third-order valence-electron chi connectivity index (χ3n) is 8.77.